The SMILES string of the molecule is CCCC(NC1CC(C)c2c(C)ccc(O)c21)C(=O)O. The molecule has 0 bridgehead atoms. The highest BCUT2D eigenvalue weighted by atomic mass is 16.4. The third-order valence-electron chi connectivity index (χ3n) is 4.19. The van der Waals surface area contributed by atoms with Crippen LogP contribution in [0.15, 0.2) is 12.1 Å². The van der Waals surface area contributed by atoms with Crippen LogP contribution in [0, 0.1) is 6.92 Å². The van der Waals surface area contributed by atoms with Crippen LogP contribution in [0.25, 0.3) is 0 Å². The zero-order valence-electron chi connectivity index (χ0n) is 12.3. The number of rotatable bonds is 5. The fourth-order valence-electron chi connectivity index (χ4n) is 3.30. The average Bonchev–Trinajstić information content (AvgIpc) is 2.71. The molecule has 0 fully saturated rings. The number of carboxylic acid groups (broad SMARTS) is 1. The molecule has 1 aliphatic rings. The van der Waals surface area contributed by atoms with Crippen molar-refractivity contribution in [3.8, 4) is 5.75 Å². The number of hydrogen-bond donors (Lipinski definition) is 3. The molecule has 0 amide bonds. The zero-order valence-corrected chi connectivity index (χ0v) is 12.3. The number of nitrogens with one attached hydrogen (secondary N) is 1. The number of carboxylic acids is 1. The van der Waals surface area contributed by atoms with Crippen LogP contribution in [0.5, 0.6) is 5.75 Å². The minimum Gasteiger partial charge on any atom is -0.508 e. The van der Waals surface area contributed by atoms with Crippen molar-refractivity contribution in [1.82, 2.24) is 5.32 Å². The van der Waals surface area contributed by atoms with Gasteiger partial charge in [0.25, 0.3) is 0 Å². The van der Waals surface area contributed by atoms with Crippen molar-refractivity contribution >= 4 is 5.97 Å². The number of carbonyl (C=O) groups is 1. The Bertz CT molecular complexity index is 513. The molecule has 0 spiro atoms. The van der Waals surface area contributed by atoms with Crippen molar-refractivity contribution in [2.24, 2.45) is 0 Å². The molecule has 3 unspecified atom stereocenters. The largest absolute Gasteiger partial charge is 0.508 e. The van der Waals surface area contributed by atoms with E-state index in [1.807, 2.05) is 19.9 Å². The fourth-order valence-corrected chi connectivity index (χ4v) is 3.30. The molecule has 20 heavy (non-hydrogen) atoms. The first-order valence-corrected chi connectivity index (χ1v) is 7.26. The summed E-state index contributed by atoms with van der Waals surface area (Å²) in [5, 5.41) is 22.6. The number of phenols is 1. The highest BCUT2D eigenvalue weighted by molar-refractivity contribution is 5.73. The van der Waals surface area contributed by atoms with Gasteiger partial charge in [-0.3, -0.25) is 10.1 Å². The monoisotopic (exact) mass is 277 g/mol. The number of aromatic hydroxyl groups is 1. The summed E-state index contributed by atoms with van der Waals surface area (Å²) in [5.41, 5.74) is 3.22. The van der Waals surface area contributed by atoms with E-state index in [2.05, 4.69) is 12.2 Å². The lowest BCUT2D eigenvalue weighted by Crippen LogP contribution is -2.38. The molecule has 4 heteroatoms. The van der Waals surface area contributed by atoms with Gasteiger partial charge >= 0.3 is 5.97 Å². The van der Waals surface area contributed by atoms with Crippen molar-refractivity contribution in [2.45, 2.75) is 58.0 Å². The van der Waals surface area contributed by atoms with E-state index in [1.165, 1.54) is 5.56 Å². The molecule has 0 heterocycles. The van der Waals surface area contributed by atoms with Crippen LogP contribution in [0.4, 0.5) is 0 Å². The third-order valence-corrected chi connectivity index (χ3v) is 4.19. The summed E-state index contributed by atoms with van der Waals surface area (Å²) in [5.74, 6) is -0.209. The Labute approximate surface area is 119 Å². The molecule has 1 aromatic carbocycles. The first-order valence-electron chi connectivity index (χ1n) is 7.26. The van der Waals surface area contributed by atoms with E-state index in [-0.39, 0.29) is 11.8 Å². The third kappa shape index (κ3) is 2.66. The number of fused-ring (bicyclic) bond motifs is 1. The van der Waals surface area contributed by atoms with Crippen molar-refractivity contribution in [1.29, 1.82) is 0 Å². The van der Waals surface area contributed by atoms with E-state index in [9.17, 15) is 15.0 Å². The molecular formula is C16H23NO3. The van der Waals surface area contributed by atoms with Crippen LogP contribution < -0.4 is 5.32 Å². The Morgan fingerprint density at radius 3 is 2.75 bits per heavy atom. The van der Waals surface area contributed by atoms with Crippen LogP contribution in [0.3, 0.4) is 0 Å². The van der Waals surface area contributed by atoms with Gasteiger partial charge in [-0.1, -0.05) is 26.3 Å². The quantitative estimate of drug-likeness (QED) is 0.773. The molecule has 110 valence electrons. The predicted molar refractivity (Wildman–Crippen MR) is 78.1 cm³/mol. The second-order valence-electron chi connectivity index (χ2n) is 5.76. The standard InChI is InChI=1S/C16H23NO3/c1-4-5-11(16(19)20)17-12-8-10(3)14-9(2)6-7-13(18)15(12)14/h6-7,10-12,17-18H,4-5,8H2,1-3H3,(H,19,20). The Hall–Kier alpha value is -1.55. The van der Waals surface area contributed by atoms with Crippen molar-refractivity contribution in [2.75, 3.05) is 0 Å². The summed E-state index contributed by atoms with van der Waals surface area (Å²) in [6.45, 7) is 6.14. The Kier molecular flexibility index (Phi) is 4.33. The van der Waals surface area contributed by atoms with Gasteiger partial charge in [-0.15, -0.1) is 0 Å². The highest BCUT2D eigenvalue weighted by Crippen LogP contribution is 2.46. The second-order valence-corrected chi connectivity index (χ2v) is 5.76. The summed E-state index contributed by atoms with van der Waals surface area (Å²) < 4.78 is 0. The molecule has 0 aromatic heterocycles. The maximum absolute atomic E-state index is 11.3. The topological polar surface area (TPSA) is 69.6 Å². The lowest BCUT2D eigenvalue weighted by Gasteiger charge is -2.21. The fraction of sp³-hybridized carbons (Fsp3) is 0.562. The molecule has 1 aromatic rings. The predicted octanol–water partition coefficient (Wildman–Crippen LogP) is 3.09. The Morgan fingerprint density at radius 1 is 1.45 bits per heavy atom. The molecule has 2 rings (SSSR count). The summed E-state index contributed by atoms with van der Waals surface area (Å²) >= 11 is 0. The van der Waals surface area contributed by atoms with Crippen LogP contribution in [0.2, 0.25) is 0 Å². The molecule has 0 saturated carbocycles. The van der Waals surface area contributed by atoms with Gasteiger partial charge in [0.2, 0.25) is 0 Å². The van der Waals surface area contributed by atoms with E-state index in [4.69, 9.17) is 0 Å². The van der Waals surface area contributed by atoms with Gasteiger partial charge in [0.05, 0.1) is 0 Å². The van der Waals surface area contributed by atoms with E-state index in [1.54, 1.807) is 6.07 Å². The molecule has 3 N–H and O–H groups in total. The van der Waals surface area contributed by atoms with Crippen LogP contribution >= 0.6 is 0 Å². The first-order chi connectivity index (χ1) is 9.45. The van der Waals surface area contributed by atoms with Crippen molar-refractivity contribution < 1.29 is 15.0 Å². The van der Waals surface area contributed by atoms with Gasteiger partial charge in [0.15, 0.2) is 0 Å². The first kappa shape index (κ1) is 14.9. The van der Waals surface area contributed by atoms with Crippen molar-refractivity contribution in [3.63, 3.8) is 0 Å². The van der Waals surface area contributed by atoms with Crippen LogP contribution in [-0.2, 0) is 4.79 Å². The number of phenolic OH excluding ortho intramolecular Hbond substituents is 1. The molecule has 0 radical (unpaired) electrons. The van der Waals surface area contributed by atoms with Crippen LogP contribution in [-0.4, -0.2) is 22.2 Å². The zero-order chi connectivity index (χ0) is 14.9. The van der Waals surface area contributed by atoms with E-state index in [0.717, 1.165) is 24.0 Å². The lowest BCUT2D eigenvalue weighted by molar-refractivity contribution is -0.139. The normalized spacial score (nSPS) is 22.6. The molecule has 0 aliphatic heterocycles. The van der Waals surface area contributed by atoms with Gasteiger partial charge in [-0.25, -0.2) is 0 Å². The van der Waals surface area contributed by atoms with E-state index >= 15 is 0 Å². The summed E-state index contributed by atoms with van der Waals surface area (Å²) in [6.07, 6.45) is 2.25. The smallest absolute Gasteiger partial charge is 0.320 e. The molecule has 4 nitrogen and oxygen atoms in total. The number of benzene rings is 1. The van der Waals surface area contributed by atoms with Crippen molar-refractivity contribution in [3.05, 3.63) is 28.8 Å². The number of aryl methyl sites for hydroxylation is 1. The van der Waals surface area contributed by atoms with Gasteiger partial charge in [-0.2, -0.15) is 0 Å². The average molecular weight is 277 g/mol. The van der Waals surface area contributed by atoms with Gasteiger partial charge in [0, 0.05) is 11.6 Å². The maximum Gasteiger partial charge on any atom is 0.320 e. The van der Waals surface area contributed by atoms with Gasteiger partial charge in [0.1, 0.15) is 11.8 Å². The minimum atomic E-state index is -0.819. The van der Waals surface area contributed by atoms with E-state index in [0.29, 0.717) is 12.3 Å². The maximum atomic E-state index is 11.3. The van der Waals surface area contributed by atoms with E-state index < -0.39 is 12.0 Å². The Balaban J connectivity index is 2.30. The van der Waals surface area contributed by atoms with Gasteiger partial charge in [-0.05, 0) is 42.9 Å². The lowest BCUT2D eigenvalue weighted by atomic mass is 9.97. The highest BCUT2D eigenvalue weighted by Gasteiger charge is 2.34. The number of hydrogen-bond acceptors (Lipinski definition) is 3. The summed E-state index contributed by atoms with van der Waals surface area (Å²) in [4.78, 5) is 11.3. The minimum absolute atomic E-state index is 0.0763. The molecule has 1 aliphatic carbocycles. The summed E-state index contributed by atoms with van der Waals surface area (Å²) in [6, 6.07) is 3.00. The molecule has 0 saturated heterocycles. The molecule has 3 atom stereocenters. The van der Waals surface area contributed by atoms with Gasteiger partial charge < -0.3 is 10.2 Å². The number of aliphatic carboxylic acids is 1. The second kappa shape index (κ2) is 5.83. The summed E-state index contributed by atoms with van der Waals surface area (Å²) in [7, 11) is 0. The Morgan fingerprint density at radius 2 is 2.15 bits per heavy atom. The van der Waals surface area contributed by atoms with Crippen LogP contribution in [0.1, 0.15) is 61.8 Å². The molecular weight excluding hydrogens is 254 g/mol.